The summed E-state index contributed by atoms with van der Waals surface area (Å²) < 4.78 is 2.39. The first kappa shape index (κ1) is 17.5. The van der Waals surface area contributed by atoms with E-state index >= 15 is 0 Å². The summed E-state index contributed by atoms with van der Waals surface area (Å²) in [5.41, 5.74) is 10.8. The first-order valence-electron chi connectivity index (χ1n) is 9.06. The van der Waals surface area contributed by atoms with E-state index in [2.05, 4.69) is 66.9 Å². The zero-order valence-electron chi connectivity index (χ0n) is 15.4. The Morgan fingerprint density at radius 3 is 2.64 bits per heavy atom. The molecule has 0 fully saturated rings. The summed E-state index contributed by atoms with van der Waals surface area (Å²) in [6.07, 6.45) is 1.89. The molecule has 2 N–H and O–H groups in total. The normalized spacial score (nSPS) is 12.2. The second-order valence-corrected chi connectivity index (χ2v) is 6.49. The maximum atomic E-state index is 5.79. The predicted octanol–water partition coefficient (Wildman–Crippen LogP) is 4.00. The predicted molar refractivity (Wildman–Crippen MR) is 104 cm³/mol. The van der Waals surface area contributed by atoms with Crippen molar-refractivity contribution < 1.29 is 4.84 Å². The second-order valence-electron chi connectivity index (χ2n) is 6.49. The molecule has 0 spiro atoms. The van der Waals surface area contributed by atoms with Gasteiger partial charge in [-0.05, 0) is 50.4 Å². The molecule has 2 aromatic carbocycles. The fourth-order valence-electron chi connectivity index (χ4n) is 3.30. The SMILES string of the molecule is CCCO/N=c1\c2ccccc2n(CCCN)c2c(C)c(C)ccc12. The zero-order chi connectivity index (χ0) is 17.8. The van der Waals surface area contributed by atoms with Crippen LogP contribution in [-0.2, 0) is 11.4 Å². The maximum Gasteiger partial charge on any atom is 0.121 e. The van der Waals surface area contributed by atoms with Crippen molar-refractivity contribution in [3.8, 4) is 0 Å². The quantitative estimate of drug-likeness (QED) is 0.420. The largest absolute Gasteiger partial charge is 0.395 e. The molecule has 132 valence electrons. The highest BCUT2D eigenvalue weighted by Crippen LogP contribution is 2.24. The van der Waals surface area contributed by atoms with Gasteiger partial charge in [-0.3, -0.25) is 0 Å². The minimum absolute atomic E-state index is 0.628. The van der Waals surface area contributed by atoms with Gasteiger partial charge < -0.3 is 15.1 Å². The van der Waals surface area contributed by atoms with Crippen LogP contribution in [0.1, 0.15) is 30.9 Å². The fraction of sp³-hybridized carbons (Fsp3) is 0.381. The van der Waals surface area contributed by atoms with Crippen molar-refractivity contribution in [3.63, 3.8) is 0 Å². The molecule has 0 radical (unpaired) electrons. The van der Waals surface area contributed by atoms with E-state index in [-0.39, 0.29) is 0 Å². The summed E-state index contributed by atoms with van der Waals surface area (Å²) in [5.74, 6) is 0. The average Bonchev–Trinajstić information content (AvgIpc) is 2.63. The van der Waals surface area contributed by atoms with Crippen molar-refractivity contribution in [2.75, 3.05) is 13.2 Å². The van der Waals surface area contributed by atoms with Crippen molar-refractivity contribution in [3.05, 3.63) is 52.9 Å². The molecule has 25 heavy (non-hydrogen) atoms. The van der Waals surface area contributed by atoms with E-state index in [4.69, 9.17) is 10.6 Å². The number of para-hydroxylation sites is 1. The Balaban J connectivity index is 2.45. The molecular weight excluding hydrogens is 310 g/mol. The van der Waals surface area contributed by atoms with Crippen LogP contribution in [0.2, 0.25) is 0 Å². The lowest BCUT2D eigenvalue weighted by Crippen LogP contribution is -2.16. The lowest BCUT2D eigenvalue weighted by molar-refractivity contribution is 0.135. The van der Waals surface area contributed by atoms with E-state index in [0.29, 0.717) is 13.2 Å². The summed E-state index contributed by atoms with van der Waals surface area (Å²) in [6, 6.07) is 12.7. The number of hydrogen-bond donors (Lipinski definition) is 1. The Kier molecular flexibility index (Phi) is 5.39. The van der Waals surface area contributed by atoms with Gasteiger partial charge in [-0.25, -0.2) is 0 Å². The van der Waals surface area contributed by atoms with Gasteiger partial charge in [0.15, 0.2) is 0 Å². The summed E-state index contributed by atoms with van der Waals surface area (Å²) in [4.78, 5) is 5.57. The fourth-order valence-corrected chi connectivity index (χ4v) is 3.30. The van der Waals surface area contributed by atoms with Crippen LogP contribution < -0.4 is 11.1 Å². The van der Waals surface area contributed by atoms with Gasteiger partial charge in [-0.15, -0.1) is 0 Å². The molecule has 1 aromatic heterocycles. The smallest absolute Gasteiger partial charge is 0.121 e. The minimum atomic E-state index is 0.628. The molecule has 0 atom stereocenters. The minimum Gasteiger partial charge on any atom is -0.395 e. The second kappa shape index (κ2) is 7.70. The average molecular weight is 337 g/mol. The summed E-state index contributed by atoms with van der Waals surface area (Å²) in [7, 11) is 0. The highest BCUT2D eigenvalue weighted by Gasteiger charge is 2.12. The summed E-state index contributed by atoms with van der Waals surface area (Å²) in [5, 5.41) is 7.68. The van der Waals surface area contributed by atoms with Crippen LogP contribution >= 0.6 is 0 Å². The monoisotopic (exact) mass is 337 g/mol. The number of fused-ring (bicyclic) bond motifs is 2. The van der Waals surface area contributed by atoms with Crippen LogP contribution in [0.4, 0.5) is 0 Å². The first-order chi connectivity index (χ1) is 12.2. The molecule has 0 aliphatic heterocycles. The van der Waals surface area contributed by atoms with Gasteiger partial charge >= 0.3 is 0 Å². The van der Waals surface area contributed by atoms with Crippen LogP contribution in [0, 0.1) is 13.8 Å². The molecule has 0 unspecified atom stereocenters. The standard InChI is InChI=1S/C21H27N3O/c1-4-14-25-23-20-17-8-5-6-9-19(17)24(13-7-12-22)21-16(3)15(2)10-11-18(20)21/h5-6,8-11H,4,7,12-14,22H2,1-3H3/b23-20+. The van der Waals surface area contributed by atoms with E-state index < -0.39 is 0 Å². The van der Waals surface area contributed by atoms with Gasteiger partial charge in [0.25, 0.3) is 0 Å². The Morgan fingerprint density at radius 2 is 1.88 bits per heavy atom. The van der Waals surface area contributed by atoms with E-state index in [9.17, 15) is 0 Å². The van der Waals surface area contributed by atoms with Gasteiger partial charge in [-0.2, -0.15) is 0 Å². The van der Waals surface area contributed by atoms with Crippen molar-refractivity contribution in [1.82, 2.24) is 4.57 Å². The lowest BCUT2D eigenvalue weighted by Gasteiger charge is -2.18. The molecule has 0 aliphatic rings. The van der Waals surface area contributed by atoms with Gasteiger partial charge in [0.2, 0.25) is 0 Å². The van der Waals surface area contributed by atoms with Gasteiger partial charge in [0, 0.05) is 17.3 Å². The molecule has 0 bridgehead atoms. The first-order valence-corrected chi connectivity index (χ1v) is 9.06. The lowest BCUT2D eigenvalue weighted by atomic mass is 10.0. The Hall–Kier alpha value is -2.33. The van der Waals surface area contributed by atoms with Crippen LogP contribution in [0.5, 0.6) is 0 Å². The third-order valence-corrected chi connectivity index (χ3v) is 4.71. The van der Waals surface area contributed by atoms with Crippen molar-refractivity contribution in [1.29, 1.82) is 0 Å². The Bertz CT molecular complexity index is 957. The summed E-state index contributed by atoms with van der Waals surface area (Å²) >= 11 is 0. The van der Waals surface area contributed by atoms with E-state index in [1.807, 2.05) is 0 Å². The van der Waals surface area contributed by atoms with Crippen LogP contribution in [0.3, 0.4) is 0 Å². The third-order valence-electron chi connectivity index (χ3n) is 4.71. The van der Waals surface area contributed by atoms with Gasteiger partial charge in [0.05, 0.1) is 11.0 Å². The van der Waals surface area contributed by atoms with E-state index in [1.165, 1.54) is 22.2 Å². The molecule has 0 aliphatic carbocycles. The molecule has 0 saturated heterocycles. The number of aromatic nitrogens is 1. The van der Waals surface area contributed by atoms with Crippen LogP contribution in [-0.4, -0.2) is 17.7 Å². The van der Waals surface area contributed by atoms with Gasteiger partial charge in [0.1, 0.15) is 12.0 Å². The highest BCUT2D eigenvalue weighted by molar-refractivity contribution is 5.95. The molecule has 0 amide bonds. The van der Waals surface area contributed by atoms with Gasteiger partial charge in [-0.1, -0.05) is 42.4 Å². The Morgan fingerprint density at radius 1 is 1.08 bits per heavy atom. The topological polar surface area (TPSA) is 52.5 Å². The third kappa shape index (κ3) is 3.27. The number of pyridine rings is 1. The molecule has 4 heteroatoms. The van der Waals surface area contributed by atoms with Crippen molar-refractivity contribution in [2.24, 2.45) is 10.9 Å². The number of aryl methyl sites for hydroxylation is 3. The number of hydrogen-bond acceptors (Lipinski definition) is 3. The molecule has 4 nitrogen and oxygen atoms in total. The number of nitrogens with zero attached hydrogens (tertiary/aromatic N) is 2. The van der Waals surface area contributed by atoms with Crippen LogP contribution in [0.25, 0.3) is 21.8 Å². The zero-order valence-corrected chi connectivity index (χ0v) is 15.4. The molecule has 3 rings (SSSR count). The van der Waals surface area contributed by atoms with E-state index in [0.717, 1.165) is 35.5 Å². The number of nitrogens with two attached hydrogens (primary N) is 1. The maximum absolute atomic E-state index is 5.79. The van der Waals surface area contributed by atoms with Crippen molar-refractivity contribution in [2.45, 2.75) is 40.2 Å². The van der Waals surface area contributed by atoms with E-state index in [1.54, 1.807) is 0 Å². The molecule has 1 heterocycles. The molecule has 0 saturated carbocycles. The van der Waals surface area contributed by atoms with Crippen LogP contribution in [0.15, 0.2) is 41.6 Å². The summed E-state index contributed by atoms with van der Waals surface area (Å²) in [6.45, 7) is 8.63. The highest BCUT2D eigenvalue weighted by atomic mass is 16.6. The molecular formula is C21H27N3O. The van der Waals surface area contributed by atoms with Crippen molar-refractivity contribution >= 4 is 21.8 Å². The Labute approximate surface area is 148 Å². The number of benzene rings is 2. The number of rotatable bonds is 6. The molecule has 3 aromatic rings.